The summed E-state index contributed by atoms with van der Waals surface area (Å²) in [6.45, 7) is 30.1. The van der Waals surface area contributed by atoms with Crippen LogP contribution >= 0.6 is 0 Å². The maximum atomic E-state index is 8.80. The summed E-state index contributed by atoms with van der Waals surface area (Å²) in [7, 11) is 0. The summed E-state index contributed by atoms with van der Waals surface area (Å²) in [5, 5.41) is 23.7. The van der Waals surface area contributed by atoms with E-state index in [1.165, 1.54) is 49.7 Å². The van der Waals surface area contributed by atoms with Crippen molar-refractivity contribution in [1.82, 2.24) is 10.6 Å². The molecule has 2 aromatic rings. The highest BCUT2D eigenvalue weighted by molar-refractivity contribution is 5.28. The minimum atomic E-state index is -0.00160. The Kier molecular flexibility index (Phi) is 26.2. The van der Waals surface area contributed by atoms with Crippen LogP contribution < -0.4 is 20.1 Å². The highest BCUT2D eigenvalue weighted by Crippen LogP contribution is 2.30. The molecule has 4 N–H and O–H groups in total. The maximum absolute atomic E-state index is 8.80. The molecule has 0 bridgehead atoms. The maximum Gasteiger partial charge on any atom is 0.119 e. The topological polar surface area (TPSA) is 101 Å². The highest BCUT2D eigenvalue weighted by Gasteiger charge is 2.22. The SMILES string of the molecule is CCC(C)(C)COCCCC(C)(C)NCO.CCC(C)(C)COCCCC(C)(C)NCO.Cc1cccc(OC2CCCC2)c1.Cc1cccc(OCC2CC2)c1.[HH].[HH]. The smallest absolute Gasteiger partial charge is 0.119 e. The first-order valence-corrected chi connectivity index (χ1v) is 22.1. The molecular weight excluding hydrogens is 713 g/mol. The zero-order valence-electron chi connectivity index (χ0n) is 38.7. The van der Waals surface area contributed by atoms with Gasteiger partial charge < -0.3 is 29.2 Å². The van der Waals surface area contributed by atoms with Gasteiger partial charge in [0.15, 0.2) is 0 Å². The molecule has 0 spiro atoms. The zero-order chi connectivity index (χ0) is 42.8. The van der Waals surface area contributed by atoms with E-state index in [1.807, 2.05) is 18.2 Å². The molecule has 0 radical (unpaired) electrons. The largest absolute Gasteiger partial charge is 0.493 e. The molecule has 0 aromatic heterocycles. The standard InChI is InChI=1S/2C13H29NO2.C12H16O.C11H14O.2H2/c2*1-6-12(2,3)10-16-9-7-8-13(4,5)14-11-15;1-10-5-4-8-12(9-10)13-11-6-2-3-7-11;1-9-3-2-4-11(7-9)12-8-10-5-6-10;;/h2*14-15H,6-11H2,1-5H3;4-5,8-9,11H,2-3,6-7H2,1H3;2-4,7,10H,5-6,8H2,1H3;2*1H. The van der Waals surface area contributed by atoms with Crippen molar-refractivity contribution in [3.63, 3.8) is 0 Å². The van der Waals surface area contributed by atoms with Crippen molar-refractivity contribution < 1.29 is 32.0 Å². The van der Waals surface area contributed by atoms with Gasteiger partial charge in [0, 0.05) is 27.1 Å². The van der Waals surface area contributed by atoms with Crippen LogP contribution in [0.2, 0.25) is 0 Å². The van der Waals surface area contributed by atoms with Gasteiger partial charge in [0.25, 0.3) is 0 Å². The lowest BCUT2D eigenvalue weighted by molar-refractivity contribution is 0.0545. The fourth-order valence-electron chi connectivity index (χ4n) is 5.83. The van der Waals surface area contributed by atoms with Crippen molar-refractivity contribution in [2.24, 2.45) is 16.7 Å². The first kappa shape index (κ1) is 52.8. The average Bonchev–Trinajstić information content (AvgIpc) is 3.84. The third-order valence-corrected chi connectivity index (χ3v) is 11.0. The Morgan fingerprint density at radius 3 is 1.49 bits per heavy atom. The van der Waals surface area contributed by atoms with Gasteiger partial charge in [0.05, 0.1) is 39.4 Å². The molecule has 2 aliphatic rings. The van der Waals surface area contributed by atoms with E-state index < -0.39 is 0 Å². The summed E-state index contributed by atoms with van der Waals surface area (Å²) in [5.74, 6) is 2.89. The van der Waals surface area contributed by atoms with Gasteiger partial charge in [0.1, 0.15) is 11.5 Å². The second kappa shape index (κ2) is 28.3. The number of aliphatic hydroxyl groups excluding tert-OH is 2. The molecule has 2 aliphatic carbocycles. The highest BCUT2D eigenvalue weighted by atomic mass is 16.5. The Hall–Kier alpha value is -2.20. The van der Waals surface area contributed by atoms with E-state index in [1.54, 1.807) is 0 Å². The molecule has 57 heavy (non-hydrogen) atoms. The molecule has 2 saturated carbocycles. The lowest BCUT2D eigenvalue weighted by Crippen LogP contribution is -2.39. The van der Waals surface area contributed by atoms with Crippen LogP contribution in [0.1, 0.15) is 160 Å². The number of nitrogens with one attached hydrogen (secondary N) is 2. The molecule has 0 atom stereocenters. The number of hydrogen-bond donors (Lipinski definition) is 4. The van der Waals surface area contributed by atoms with Crippen LogP contribution in [-0.4, -0.2) is 73.9 Å². The predicted octanol–water partition coefficient (Wildman–Crippen LogP) is 11.7. The molecule has 8 nitrogen and oxygen atoms in total. The van der Waals surface area contributed by atoms with E-state index in [2.05, 4.69) is 124 Å². The van der Waals surface area contributed by atoms with Crippen LogP contribution in [0.5, 0.6) is 11.5 Å². The van der Waals surface area contributed by atoms with Gasteiger partial charge in [-0.3, -0.25) is 10.6 Å². The van der Waals surface area contributed by atoms with E-state index in [0.717, 1.165) is 89.0 Å². The summed E-state index contributed by atoms with van der Waals surface area (Å²) >= 11 is 0. The molecule has 0 amide bonds. The number of hydrogen-bond acceptors (Lipinski definition) is 8. The fraction of sp³-hybridized carbons (Fsp3) is 0.755. The normalized spacial score (nSPS) is 14.8. The number of ether oxygens (including phenoxy) is 4. The van der Waals surface area contributed by atoms with Gasteiger partial charge in [-0.2, -0.15) is 0 Å². The fourth-order valence-corrected chi connectivity index (χ4v) is 5.83. The molecule has 0 aliphatic heterocycles. The molecule has 334 valence electrons. The second-order valence-corrected chi connectivity index (χ2v) is 19.2. The lowest BCUT2D eigenvalue weighted by atomic mass is 9.92. The van der Waals surface area contributed by atoms with Crippen molar-refractivity contribution >= 4 is 0 Å². The lowest BCUT2D eigenvalue weighted by Gasteiger charge is -2.26. The van der Waals surface area contributed by atoms with Crippen LogP contribution in [-0.2, 0) is 9.47 Å². The summed E-state index contributed by atoms with van der Waals surface area (Å²) in [4.78, 5) is 0. The van der Waals surface area contributed by atoms with E-state index in [9.17, 15) is 0 Å². The van der Waals surface area contributed by atoms with Gasteiger partial charge in [0.2, 0.25) is 0 Å². The first-order chi connectivity index (χ1) is 26.8. The van der Waals surface area contributed by atoms with Crippen molar-refractivity contribution in [3.05, 3.63) is 59.7 Å². The molecular formula is C49H92N2O6. The van der Waals surface area contributed by atoms with Gasteiger partial charge in [-0.25, -0.2) is 0 Å². The van der Waals surface area contributed by atoms with E-state index in [0.29, 0.717) is 16.9 Å². The van der Waals surface area contributed by atoms with Gasteiger partial charge in [-0.05, 0) is 171 Å². The molecule has 4 rings (SSSR count). The predicted molar refractivity (Wildman–Crippen MR) is 245 cm³/mol. The number of rotatable bonds is 23. The number of aryl methyl sites for hydroxylation is 2. The Labute approximate surface area is 353 Å². The van der Waals surface area contributed by atoms with Crippen LogP contribution in [0.25, 0.3) is 0 Å². The second-order valence-electron chi connectivity index (χ2n) is 19.2. The minimum absolute atomic E-state index is 0. The Balaban J connectivity index is 0. The Morgan fingerprint density at radius 2 is 1.09 bits per heavy atom. The van der Waals surface area contributed by atoms with Crippen LogP contribution in [0.15, 0.2) is 48.5 Å². The zero-order valence-corrected chi connectivity index (χ0v) is 38.7. The molecule has 2 fully saturated rings. The van der Waals surface area contributed by atoms with Gasteiger partial charge >= 0.3 is 0 Å². The Bertz CT molecular complexity index is 1260. The summed E-state index contributed by atoms with van der Waals surface area (Å²) in [6, 6.07) is 16.5. The van der Waals surface area contributed by atoms with Gasteiger partial charge in [-0.1, -0.05) is 65.8 Å². The van der Waals surface area contributed by atoms with Crippen molar-refractivity contribution in [3.8, 4) is 11.5 Å². The van der Waals surface area contributed by atoms with Crippen molar-refractivity contribution in [2.45, 2.75) is 177 Å². The molecule has 2 aromatic carbocycles. The molecule has 0 unspecified atom stereocenters. The third kappa shape index (κ3) is 28.8. The number of benzene rings is 2. The summed E-state index contributed by atoms with van der Waals surface area (Å²) in [6.07, 6.45) is 14.7. The quantitative estimate of drug-likeness (QED) is 0.0651. The van der Waals surface area contributed by atoms with E-state index in [4.69, 9.17) is 29.2 Å². The van der Waals surface area contributed by atoms with Crippen LogP contribution in [0, 0.1) is 30.6 Å². The molecule has 8 heteroatoms. The van der Waals surface area contributed by atoms with Crippen LogP contribution in [0.3, 0.4) is 0 Å². The minimum Gasteiger partial charge on any atom is -0.493 e. The monoisotopic (exact) mass is 805 g/mol. The Morgan fingerprint density at radius 1 is 0.649 bits per heavy atom. The third-order valence-electron chi connectivity index (χ3n) is 11.0. The van der Waals surface area contributed by atoms with Gasteiger partial charge in [-0.15, -0.1) is 0 Å². The van der Waals surface area contributed by atoms with Crippen molar-refractivity contribution in [2.75, 3.05) is 46.5 Å². The number of aliphatic hydroxyl groups is 2. The van der Waals surface area contributed by atoms with Crippen LogP contribution in [0.4, 0.5) is 0 Å². The van der Waals surface area contributed by atoms with E-state index >= 15 is 0 Å². The average molecular weight is 805 g/mol. The first-order valence-electron chi connectivity index (χ1n) is 22.1. The van der Waals surface area contributed by atoms with E-state index in [-0.39, 0.29) is 27.4 Å². The summed E-state index contributed by atoms with van der Waals surface area (Å²) in [5.41, 5.74) is 3.12. The molecule has 0 heterocycles. The summed E-state index contributed by atoms with van der Waals surface area (Å²) < 4.78 is 22.8. The van der Waals surface area contributed by atoms with Crippen molar-refractivity contribution in [1.29, 1.82) is 0 Å². The molecule has 0 saturated heterocycles.